The van der Waals surface area contributed by atoms with Crippen molar-refractivity contribution in [2.75, 3.05) is 7.11 Å². The van der Waals surface area contributed by atoms with Crippen molar-refractivity contribution >= 4 is 5.91 Å². The minimum atomic E-state index is -0.258. The summed E-state index contributed by atoms with van der Waals surface area (Å²) in [5, 5.41) is 2.90. The molecule has 0 radical (unpaired) electrons. The molecule has 0 bridgehead atoms. The molecule has 0 spiro atoms. The monoisotopic (exact) mass is 254 g/mol. The molecule has 102 valence electrons. The Morgan fingerprint density at radius 3 is 2.78 bits per heavy atom. The second kappa shape index (κ2) is 6.02. The largest absolute Gasteiger partial charge is 0.467 e. The third-order valence-electron chi connectivity index (χ3n) is 2.84. The van der Waals surface area contributed by atoms with Gasteiger partial charge in [-0.05, 0) is 33.3 Å². The zero-order chi connectivity index (χ0) is 13.8. The van der Waals surface area contributed by atoms with Gasteiger partial charge in [-0.1, -0.05) is 0 Å². The Morgan fingerprint density at radius 1 is 1.61 bits per heavy atom. The van der Waals surface area contributed by atoms with E-state index in [-0.39, 0.29) is 17.6 Å². The highest BCUT2D eigenvalue weighted by molar-refractivity contribution is 5.94. The number of methoxy groups -OCH3 is 1. The summed E-state index contributed by atoms with van der Waals surface area (Å²) in [5.41, 5.74) is 5.66. The number of furan rings is 1. The second-order valence-corrected chi connectivity index (χ2v) is 5.05. The first kappa shape index (κ1) is 14.7. The van der Waals surface area contributed by atoms with Gasteiger partial charge < -0.3 is 20.2 Å². The lowest BCUT2D eigenvalue weighted by molar-refractivity contribution is 0.00885. The number of carbonyl (C=O) groups excluding carboxylic acids is 1. The summed E-state index contributed by atoms with van der Waals surface area (Å²) in [7, 11) is 1.66. The van der Waals surface area contributed by atoms with Crippen LogP contribution < -0.4 is 11.1 Å². The molecule has 0 aromatic carbocycles. The number of rotatable bonds is 6. The summed E-state index contributed by atoms with van der Waals surface area (Å²) < 4.78 is 10.5. The average Bonchev–Trinajstić information content (AvgIpc) is 2.76. The SMILES string of the molecule is COC(C)(C)CC(C)NC(=O)c1coc(CN)c1. The average molecular weight is 254 g/mol. The van der Waals surface area contributed by atoms with Crippen molar-refractivity contribution < 1.29 is 13.9 Å². The van der Waals surface area contributed by atoms with E-state index >= 15 is 0 Å². The number of nitrogens with two attached hydrogens (primary N) is 1. The third kappa shape index (κ3) is 4.16. The Kier molecular flexibility index (Phi) is 4.93. The molecule has 18 heavy (non-hydrogen) atoms. The molecular weight excluding hydrogens is 232 g/mol. The van der Waals surface area contributed by atoms with Crippen molar-refractivity contribution in [3.8, 4) is 0 Å². The normalized spacial score (nSPS) is 13.4. The first-order valence-corrected chi connectivity index (χ1v) is 6.01. The molecule has 1 atom stereocenters. The quantitative estimate of drug-likeness (QED) is 0.809. The fraction of sp³-hybridized carbons (Fsp3) is 0.615. The maximum absolute atomic E-state index is 11.9. The standard InChI is InChI=1S/C13H22N2O3/c1-9(6-13(2,3)17-4)15-12(16)10-5-11(7-14)18-8-10/h5,8-9H,6-7,14H2,1-4H3,(H,15,16). The third-order valence-corrected chi connectivity index (χ3v) is 2.84. The van der Waals surface area contributed by atoms with E-state index in [2.05, 4.69) is 5.32 Å². The van der Waals surface area contributed by atoms with Crippen LogP contribution in [-0.2, 0) is 11.3 Å². The fourth-order valence-electron chi connectivity index (χ4n) is 1.79. The van der Waals surface area contributed by atoms with Gasteiger partial charge >= 0.3 is 0 Å². The first-order chi connectivity index (χ1) is 8.38. The van der Waals surface area contributed by atoms with Gasteiger partial charge in [-0.3, -0.25) is 4.79 Å². The van der Waals surface area contributed by atoms with Crippen LogP contribution in [0.3, 0.4) is 0 Å². The minimum Gasteiger partial charge on any atom is -0.467 e. The minimum absolute atomic E-state index is 0.0173. The van der Waals surface area contributed by atoms with Crippen LogP contribution in [0.1, 0.15) is 43.3 Å². The number of hydrogen-bond donors (Lipinski definition) is 2. The van der Waals surface area contributed by atoms with Gasteiger partial charge in [-0.25, -0.2) is 0 Å². The highest BCUT2D eigenvalue weighted by Gasteiger charge is 2.22. The summed E-state index contributed by atoms with van der Waals surface area (Å²) in [6, 6.07) is 1.67. The van der Waals surface area contributed by atoms with Gasteiger partial charge in [-0.2, -0.15) is 0 Å². The highest BCUT2D eigenvalue weighted by atomic mass is 16.5. The molecule has 1 amide bonds. The summed E-state index contributed by atoms with van der Waals surface area (Å²) in [4.78, 5) is 11.9. The van der Waals surface area contributed by atoms with Crippen LogP contribution in [0.4, 0.5) is 0 Å². The van der Waals surface area contributed by atoms with E-state index in [1.165, 1.54) is 6.26 Å². The van der Waals surface area contributed by atoms with Crippen LogP contribution in [0.2, 0.25) is 0 Å². The molecule has 0 saturated carbocycles. The zero-order valence-corrected chi connectivity index (χ0v) is 11.4. The van der Waals surface area contributed by atoms with Gasteiger partial charge in [0.05, 0.1) is 17.7 Å². The second-order valence-electron chi connectivity index (χ2n) is 5.05. The van der Waals surface area contributed by atoms with Crippen molar-refractivity contribution in [2.45, 2.75) is 45.4 Å². The lowest BCUT2D eigenvalue weighted by Gasteiger charge is -2.26. The van der Waals surface area contributed by atoms with Crippen LogP contribution in [0.15, 0.2) is 16.7 Å². The van der Waals surface area contributed by atoms with Crippen molar-refractivity contribution in [3.05, 3.63) is 23.7 Å². The molecule has 1 rings (SSSR count). The molecule has 0 fully saturated rings. The predicted octanol–water partition coefficient (Wildman–Crippen LogP) is 1.67. The van der Waals surface area contributed by atoms with Crippen molar-refractivity contribution in [2.24, 2.45) is 5.73 Å². The fourth-order valence-corrected chi connectivity index (χ4v) is 1.79. The van der Waals surface area contributed by atoms with Crippen molar-refractivity contribution in [1.82, 2.24) is 5.32 Å². The topological polar surface area (TPSA) is 77.5 Å². The molecular formula is C13H22N2O3. The number of ether oxygens (including phenoxy) is 1. The Labute approximate surface area is 108 Å². The Bertz CT molecular complexity index is 399. The van der Waals surface area contributed by atoms with Gasteiger partial charge in [0, 0.05) is 13.2 Å². The summed E-state index contributed by atoms with van der Waals surface area (Å²) >= 11 is 0. The molecule has 0 saturated heterocycles. The van der Waals surface area contributed by atoms with Gasteiger partial charge in [0.1, 0.15) is 12.0 Å². The molecule has 5 heteroatoms. The Hall–Kier alpha value is -1.33. The first-order valence-electron chi connectivity index (χ1n) is 6.01. The van der Waals surface area contributed by atoms with Crippen LogP contribution >= 0.6 is 0 Å². The van der Waals surface area contributed by atoms with E-state index in [0.29, 0.717) is 17.9 Å². The molecule has 1 unspecified atom stereocenters. The van der Waals surface area contributed by atoms with Gasteiger partial charge in [-0.15, -0.1) is 0 Å². The molecule has 5 nitrogen and oxygen atoms in total. The van der Waals surface area contributed by atoms with Crippen LogP contribution in [0, 0.1) is 0 Å². The molecule has 0 aliphatic rings. The lowest BCUT2D eigenvalue weighted by Crippen LogP contribution is -2.38. The number of nitrogens with one attached hydrogen (secondary N) is 1. The van der Waals surface area contributed by atoms with Gasteiger partial charge in [0.25, 0.3) is 5.91 Å². The van der Waals surface area contributed by atoms with E-state index in [1.54, 1.807) is 13.2 Å². The van der Waals surface area contributed by atoms with E-state index < -0.39 is 0 Å². The lowest BCUT2D eigenvalue weighted by atomic mass is 10.00. The summed E-state index contributed by atoms with van der Waals surface area (Å²) in [6.07, 6.45) is 2.16. The molecule has 0 aliphatic heterocycles. The van der Waals surface area contributed by atoms with Crippen LogP contribution in [-0.4, -0.2) is 24.7 Å². The molecule has 0 aliphatic carbocycles. The van der Waals surface area contributed by atoms with Crippen molar-refractivity contribution in [1.29, 1.82) is 0 Å². The van der Waals surface area contributed by atoms with Crippen LogP contribution in [0.25, 0.3) is 0 Å². The molecule has 1 heterocycles. The van der Waals surface area contributed by atoms with E-state index in [1.807, 2.05) is 20.8 Å². The Morgan fingerprint density at radius 2 is 2.28 bits per heavy atom. The predicted molar refractivity (Wildman–Crippen MR) is 69.2 cm³/mol. The molecule has 1 aromatic rings. The van der Waals surface area contributed by atoms with Gasteiger partial charge in [0.2, 0.25) is 0 Å². The molecule has 3 N–H and O–H groups in total. The number of hydrogen-bond acceptors (Lipinski definition) is 4. The molecule has 1 aromatic heterocycles. The van der Waals surface area contributed by atoms with Gasteiger partial charge in [0.15, 0.2) is 0 Å². The summed E-state index contributed by atoms with van der Waals surface area (Å²) in [6.45, 7) is 6.21. The highest BCUT2D eigenvalue weighted by Crippen LogP contribution is 2.16. The number of amides is 1. The van der Waals surface area contributed by atoms with E-state index in [0.717, 1.165) is 6.42 Å². The maximum atomic E-state index is 11.9. The Balaban J connectivity index is 2.54. The zero-order valence-electron chi connectivity index (χ0n) is 11.4. The number of carbonyl (C=O) groups is 1. The van der Waals surface area contributed by atoms with Crippen molar-refractivity contribution in [3.63, 3.8) is 0 Å². The summed E-state index contributed by atoms with van der Waals surface area (Å²) in [5.74, 6) is 0.447. The van der Waals surface area contributed by atoms with Crippen LogP contribution in [0.5, 0.6) is 0 Å². The van der Waals surface area contributed by atoms with E-state index in [4.69, 9.17) is 14.9 Å². The van der Waals surface area contributed by atoms with E-state index in [9.17, 15) is 4.79 Å². The smallest absolute Gasteiger partial charge is 0.254 e. The maximum Gasteiger partial charge on any atom is 0.254 e.